The standard InChI is InChI=1S/C27H31N3O5/c1-4-5-8-15-35-20-11-9-10-19(17-20)24-22(26(32)27(33)30(24)14-16-34-3)25(31)23-18(2)28-21-12-6-7-13-29(21)23/h6-7,9-13,17,24,31H,4-5,8,14-16H2,1-3H3. The van der Waals surface area contributed by atoms with Gasteiger partial charge in [-0.25, -0.2) is 4.98 Å². The lowest BCUT2D eigenvalue weighted by atomic mass is 9.96. The number of aryl methyl sites for hydroxylation is 1. The van der Waals surface area contributed by atoms with Crippen molar-refractivity contribution in [3.05, 3.63) is 71.2 Å². The predicted molar refractivity (Wildman–Crippen MR) is 132 cm³/mol. The highest BCUT2D eigenvalue weighted by Gasteiger charge is 2.46. The molecule has 35 heavy (non-hydrogen) atoms. The molecule has 0 spiro atoms. The van der Waals surface area contributed by atoms with E-state index < -0.39 is 17.7 Å². The van der Waals surface area contributed by atoms with Crippen LogP contribution in [0.15, 0.2) is 54.2 Å². The topological polar surface area (TPSA) is 93.4 Å². The first-order valence-corrected chi connectivity index (χ1v) is 11.9. The van der Waals surface area contributed by atoms with Gasteiger partial charge >= 0.3 is 0 Å². The molecule has 0 aliphatic carbocycles. The maximum Gasteiger partial charge on any atom is 0.295 e. The summed E-state index contributed by atoms with van der Waals surface area (Å²) in [6.45, 7) is 4.95. The lowest BCUT2D eigenvalue weighted by molar-refractivity contribution is -0.140. The van der Waals surface area contributed by atoms with Gasteiger partial charge in [0, 0.05) is 19.9 Å². The molecular formula is C27H31N3O5. The molecule has 184 valence electrons. The van der Waals surface area contributed by atoms with Crippen molar-refractivity contribution in [1.82, 2.24) is 14.3 Å². The molecule has 3 aromatic rings. The lowest BCUT2D eigenvalue weighted by Crippen LogP contribution is -2.32. The molecule has 1 aromatic carbocycles. The predicted octanol–water partition coefficient (Wildman–Crippen LogP) is 4.28. The van der Waals surface area contributed by atoms with Crippen molar-refractivity contribution in [3.63, 3.8) is 0 Å². The van der Waals surface area contributed by atoms with Gasteiger partial charge in [-0.3, -0.25) is 14.0 Å². The maximum absolute atomic E-state index is 13.3. The van der Waals surface area contributed by atoms with Gasteiger partial charge in [-0.15, -0.1) is 0 Å². The van der Waals surface area contributed by atoms with Crippen LogP contribution in [-0.4, -0.2) is 57.9 Å². The van der Waals surface area contributed by atoms with E-state index in [-0.39, 0.29) is 24.5 Å². The van der Waals surface area contributed by atoms with Gasteiger partial charge in [-0.1, -0.05) is 38.0 Å². The van der Waals surface area contributed by atoms with E-state index in [0.29, 0.717) is 35.0 Å². The largest absolute Gasteiger partial charge is 0.505 e. The van der Waals surface area contributed by atoms with Crippen LogP contribution >= 0.6 is 0 Å². The summed E-state index contributed by atoms with van der Waals surface area (Å²) in [6.07, 6.45) is 4.89. The Morgan fingerprint density at radius 2 is 1.94 bits per heavy atom. The Morgan fingerprint density at radius 3 is 2.71 bits per heavy atom. The Balaban J connectivity index is 1.82. The van der Waals surface area contributed by atoms with Gasteiger partial charge in [0.2, 0.25) is 0 Å². The fourth-order valence-corrected chi connectivity index (χ4v) is 4.49. The first-order chi connectivity index (χ1) is 17.0. The molecular weight excluding hydrogens is 446 g/mol. The summed E-state index contributed by atoms with van der Waals surface area (Å²) in [6, 6.07) is 12.1. The first-order valence-electron chi connectivity index (χ1n) is 11.9. The van der Waals surface area contributed by atoms with E-state index in [0.717, 1.165) is 19.3 Å². The Morgan fingerprint density at radius 1 is 1.11 bits per heavy atom. The minimum absolute atomic E-state index is 0.0305. The van der Waals surface area contributed by atoms with Crippen LogP contribution < -0.4 is 4.74 Å². The highest BCUT2D eigenvalue weighted by Crippen LogP contribution is 2.40. The number of carbonyl (C=O) groups excluding carboxylic acids is 2. The number of rotatable bonds is 10. The molecule has 2 aromatic heterocycles. The van der Waals surface area contributed by atoms with E-state index >= 15 is 0 Å². The zero-order valence-corrected chi connectivity index (χ0v) is 20.4. The zero-order valence-electron chi connectivity index (χ0n) is 20.4. The van der Waals surface area contributed by atoms with Crippen molar-refractivity contribution in [2.75, 3.05) is 26.9 Å². The summed E-state index contributed by atoms with van der Waals surface area (Å²) in [7, 11) is 1.54. The highest BCUT2D eigenvalue weighted by molar-refractivity contribution is 6.46. The number of carbonyl (C=O) groups is 2. The van der Waals surface area contributed by atoms with E-state index in [1.807, 2.05) is 42.5 Å². The van der Waals surface area contributed by atoms with Crippen molar-refractivity contribution in [1.29, 1.82) is 0 Å². The Kier molecular flexibility index (Phi) is 7.51. The third-order valence-corrected chi connectivity index (χ3v) is 6.20. The Hall–Kier alpha value is -3.65. The first kappa shape index (κ1) is 24.5. The number of aliphatic hydroxyl groups is 1. The number of Topliss-reactive ketones (excluding diaryl/α,β-unsaturated/α-hetero) is 1. The summed E-state index contributed by atoms with van der Waals surface area (Å²) in [5.74, 6) is -1.00. The summed E-state index contributed by atoms with van der Waals surface area (Å²) >= 11 is 0. The number of methoxy groups -OCH3 is 1. The quantitative estimate of drug-likeness (QED) is 0.203. The summed E-state index contributed by atoms with van der Waals surface area (Å²) in [4.78, 5) is 32.3. The smallest absolute Gasteiger partial charge is 0.295 e. The number of amides is 1. The summed E-state index contributed by atoms with van der Waals surface area (Å²) < 4.78 is 12.8. The van der Waals surface area contributed by atoms with Crippen LogP contribution in [0.4, 0.5) is 0 Å². The molecule has 0 bridgehead atoms. The molecule has 4 rings (SSSR count). The van der Waals surface area contributed by atoms with Gasteiger partial charge in [0.25, 0.3) is 11.7 Å². The number of nitrogens with zero attached hydrogens (tertiary/aromatic N) is 3. The molecule has 0 saturated carbocycles. The van der Waals surface area contributed by atoms with Gasteiger partial charge in [0.05, 0.1) is 30.5 Å². The number of aliphatic hydroxyl groups excluding tert-OH is 1. The molecule has 1 unspecified atom stereocenters. The number of ketones is 1. The Labute approximate surface area is 204 Å². The van der Waals surface area contributed by atoms with Crippen LogP contribution in [0.5, 0.6) is 5.75 Å². The minimum atomic E-state index is -0.780. The number of aromatic nitrogens is 2. The molecule has 0 radical (unpaired) electrons. The van der Waals surface area contributed by atoms with Crippen LogP contribution in [0.25, 0.3) is 11.4 Å². The molecule has 3 heterocycles. The number of pyridine rings is 1. The second-order valence-corrected chi connectivity index (χ2v) is 8.59. The van der Waals surface area contributed by atoms with Gasteiger partial charge < -0.3 is 19.5 Å². The van der Waals surface area contributed by atoms with E-state index in [1.165, 1.54) is 12.0 Å². The zero-order chi connectivity index (χ0) is 24.9. The lowest BCUT2D eigenvalue weighted by Gasteiger charge is -2.25. The van der Waals surface area contributed by atoms with Crippen molar-refractivity contribution in [2.45, 2.75) is 39.2 Å². The third-order valence-electron chi connectivity index (χ3n) is 6.20. The number of hydrogen-bond acceptors (Lipinski definition) is 6. The normalized spacial score (nSPS) is 17.5. The second kappa shape index (κ2) is 10.7. The molecule has 1 atom stereocenters. The average molecular weight is 478 g/mol. The fraction of sp³-hybridized carbons (Fsp3) is 0.370. The molecule has 1 aliphatic heterocycles. The third kappa shape index (κ3) is 4.79. The van der Waals surface area contributed by atoms with Crippen molar-refractivity contribution in [2.24, 2.45) is 0 Å². The van der Waals surface area contributed by atoms with Gasteiger partial charge in [0.1, 0.15) is 17.1 Å². The van der Waals surface area contributed by atoms with Crippen LogP contribution in [0.2, 0.25) is 0 Å². The van der Waals surface area contributed by atoms with Crippen LogP contribution in [0, 0.1) is 6.92 Å². The SMILES string of the molecule is CCCCCOc1cccc(C2C(=C(O)c3c(C)nc4ccccn34)C(=O)C(=O)N2CCOC)c1. The maximum atomic E-state index is 13.3. The fourth-order valence-electron chi connectivity index (χ4n) is 4.49. The van der Waals surface area contributed by atoms with Crippen molar-refractivity contribution in [3.8, 4) is 5.75 Å². The van der Waals surface area contributed by atoms with Gasteiger partial charge in [-0.2, -0.15) is 0 Å². The number of benzene rings is 1. The van der Waals surface area contributed by atoms with Gasteiger partial charge in [0.15, 0.2) is 5.76 Å². The monoisotopic (exact) mass is 477 g/mol. The molecule has 1 amide bonds. The molecule has 8 heteroatoms. The Bertz CT molecular complexity index is 1260. The van der Waals surface area contributed by atoms with E-state index in [4.69, 9.17) is 9.47 Å². The van der Waals surface area contributed by atoms with Crippen LogP contribution in [0.3, 0.4) is 0 Å². The van der Waals surface area contributed by atoms with E-state index in [9.17, 15) is 14.7 Å². The average Bonchev–Trinajstić information content (AvgIpc) is 3.33. The molecule has 8 nitrogen and oxygen atoms in total. The summed E-state index contributed by atoms with van der Waals surface area (Å²) in [5, 5.41) is 11.5. The number of ether oxygens (including phenoxy) is 2. The van der Waals surface area contributed by atoms with Crippen LogP contribution in [-0.2, 0) is 14.3 Å². The second-order valence-electron chi connectivity index (χ2n) is 8.59. The van der Waals surface area contributed by atoms with Crippen molar-refractivity contribution >= 4 is 23.1 Å². The van der Waals surface area contributed by atoms with Gasteiger partial charge in [-0.05, 0) is 43.2 Å². The summed E-state index contributed by atoms with van der Waals surface area (Å²) in [5.41, 5.74) is 2.30. The number of unbranched alkanes of at least 4 members (excludes halogenated alkanes) is 2. The number of likely N-dealkylation sites (tertiary alicyclic amines) is 1. The molecule has 1 saturated heterocycles. The molecule has 1 fully saturated rings. The van der Waals surface area contributed by atoms with E-state index in [2.05, 4.69) is 11.9 Å². The number of imidazole rings is 1. The highest BCUT2D eigenvalue weighted by atomic mass is 16.5. The van der Waals surface area contributed by atoms with Crippen LogP contribution in [0.1, 0.15) is 49.2 Å². The molecule has 1 aliphatic rings. The minimum Gasteiger partial charge on any atom is -0.505 e. The van der Waals surface area contributed by atoms with E-state index in [1.54, 1.807) is 17.5 Å². The van der Waals surface area contributed by atoms with Crippen molar-refractivity contribution < 1.29 is 24.2 Å². The molecule has 1 N–H and O–H groups in total. The number of fused-ring (bicyclic) bond motifs is 1. The number of hydrogen-bond donors (Lipinski definition) is 1.